The number of amides is 4. The van der Waals surface area contributed by atoms with Crippen LogP contribution in [0.3, 0.4) is 0 Å². The number of carbonyl (C=O) groups is 5. The summed E-state index contributed by atoms with van der Waals surface area (Å²) in [6.45, 7) is 5.58. The number of ether oxygens (including phenoxy) is 1. The number of alkyl carbamates (subject to hydrolysis) is 1. The average Bonchev–Trinajstić information content (AvgIpc) is 2.89. The van der Waals surface area contributed by atoms with Crippen molar-refractivity contribution in [1.29, 1.82) is 0 Å². The summed E-state index contributed by atoms with van der Waals surface area (Å²) >= 11 is 0. The number of hydrogen-bond acceptors (Lipinski definition) is 7. The number of rotatable bonds is 13. The van der Waals surface area contributed by atoms with E-state index in [-0.39, 0.29) is 12.8 Å². The van der Waals surface area contributed by atoms with E-state index in [1.165, 1.54) is 6.92 Å². The Kier molecular flexibility index (Phi) is 12.3. The van der Waals surface area contributed by atoms with Crippen LogP contribution in [0.15, 0.2) is 60.7 Å². The van der Waals surface area contributed by atoms with Crippen molar-refractivity contribution in [1.82, 2.24) is 21.3 Å². The van der Waals surface area contributed by atoms with Crippen molar-refractivity contribution in [3.63, 3.8) is 0 Å². The molecule has 0 saturated carbocycles. The fourth-order valence-electron chi connectivity index (χ4n) is 3.78. The number of carboxylic acid groups (broad SMARTS) is 1. The van der Waals surface area contributed by atoms with Gasteiger partial charge < -0.3 is 36.2 Å². The van der Waals surface area contributed by atoms with Crippen LogP contribution >= 0.6 is 0 Å². The van der Waals surface area contributed by atoms with Crippen molar-refractivity contribution in [2.45, 2.75) is 70.4 Å². The second-order valence-electron chi connectivity index (χ2n) is 10.5. The monoisotopic (exact) mass is 570 g/mol. The van der Waals surface area contributed by atoms with Crippen molar-refractivity contribution < 1.29 is 38.9 Å². The van der Waals surface area contributed by atoms with Gasteiger partial charge >= 0.3 is 12.1 Å². The van der Waals surface area contributed by atoms with Crippen LogP contribution in [0.2, 0.25) is 0 Å². The molecule has 4 amide bonds. The topological polar surface area (TPSA) is 183 Å². The first-order valence-corrected chi connectivity index (χ1v) is 13.1. The molecule has 12 heteroatoms. The molecule has 0 fully saturated rings. The Labute approximate surface area is 238 Å². The number of aliphatic carboxylic acids is 1. The van der Waals surface area contributed by atoms with Gasteiger partial charge in [0.15, 0.2) is 0 Å². The van der Waals surface area contributed by atoms with Gasteiger partial charge in [-0.05, 0) is 38.8 Å². The molecule has 0 spiro atoms. The highest BCUT2D eigenvalue weighted by Crippen LogP contribution is 2.10. The SMILES string of the molecule is C[C@@H](O)[C@H](NC(=O)OC(C)(C)C)C(=O)N[C@@H](Cc1ccccc1)C(=O)N[C@@H](Cc1ccccc1)C(=O)NCC(=O)O. The van der Waals surface area contributed by atoms with Gasteiger partial charge in [-0.15, -0.1) is 0 Å². The van der Waals surface area contributed by atoms with Crippen molar-refractivity contribution in [2.24, 2.45) is 0 Å². The molecule has 0 unspecified atom stereocenters. The molecule has 0 aliphatic heterocycles. The Balaban J connectivity index is 2.29. The van der Waals surface area contributed by atoms with Crippen LogP contribution in [-0.4, -0.2) is 76.4 Å². The Morgan fingerprint density at radius 1 is 0.756 bits per heavy atom. The number of aliphatic hydroxyl groups excluding tert-OH is 1. The number of carbonyl (C=O) groups excluding carboxylic acids is 4. The molecule has 41 heavy (non-hydrogen) atoms. The van der Waals surface area contributed by atoms with Gasteiger partial charge in [0.25, 0.3) is 0 Å². The number of aliphatic hydroxyl groups is 1. The lowest BCUT2D eigenvalue weighted by Gasteiger charge is -2.27. The zero-order valence-electron chi connectivity index (χ0n) is 23.5. The van der Waals surface area contributed by atoms with E-state index in [2.05, 4.69) is 21.3 Å². The third kappa shape index (κ3) is 12.1. The summed E-state index contributed by atoms with van der Waals surface area (Å²) < 4.78 is 5.19. The molecule has 0 aliphatic rings. The van der Waals surface area contributed by atoms with Crippen LogP contribution < -0.4 is 21.3 Å². The van der Waals surface area contributed by atoms with Crippen molar-refractivity contribution in [2.75, 3.05) is 6.54 Å². The molecule has 222 valence electrons. The first kappa shape index (κ1) is 32.8. The molecule has 2 rings (SSSR count). The largest absolute Gasteiger partial charge is 0.480 e. The van der Waals surface area contributed by atoms with E-state index in [9.17, 15) is 29.1 Å². The maximum Gasteiger partial charge on any atom is 0.408 e. The number of carboxylic acids is 1. The molecule has 2 aromatic carbocycles. The molecular formula is C29H38N4O8. The molecule has 0 saturated heterocycles. The second-order valence-corrected chi connectivity index (χ2v) is 10.5. The third-order valence-corrected chi connectivity index (χ3v) is 5.68. The first-order valence-electron chi connectivity index (χ1n) is 13.1. The minimum atomic E-state index is -1.45. The van der Waals surface area contributed by atoms with Gasteiger partial charge in [0.2, 0.25) is 17.7 Å². The molecule has 6 N–H and O–H groups in total. The van der Waals surface area contributed by atoms with E-state index in [1.807, 2.05) is 0 Å². The molecule has 0 bridgehead atoms. The standard InChI is InChI=1S/C29H38N4O8/c1-18(34)24(33-28(40)41-29(2,3)4)27(39)32-22(16-20-13-9-6-10-14-20)26(38)31-21(25(37)30-17-23(35)36)15-19-11-7-5-8-12-19/h5-14,18,21-22,24,34H,15-17H2,1-4H3,(H,30,37)(H,31,38)(H,32,39)(H,33,40)(H,35,36)/t18-,21+,22+,24+/m1/s1. The Hall–Kier alpha value is -4.45. The number of hydrogen-bond donors (Lipinski definition) is 6. The maximum absolute atomic E-state index is 13.5. The van der Waals surface area contributed by atoms with E-state index >= 15 is 0 Å². The van der Waals surface area contributed by atoms with Crippen LogP contribution in [0, 0.1) is 0 Å². The maximum atomic E-state index is 13.5. The lowest BCUT2D eigenvalue weighted by atomic mass is 10.0. The summed E-state index contributed by atoms with van der Waals surface area (Å²) in [4.78, 5) is 62.9. The summed E-state index contributed by atoms with van der Waals surface area (Å²) in [5, 5.41) is 29.0. The second kappa shape index (κ2) is 15.4. The molecule has 0 radical (unpaired) electrons. The first-order chi connectivity index (χ1) is 19.2. The van der Waals surface area contributed by atoms with Gasteiger partial charge in [-0.25, -0.2) is 4.79 Å². The fraction of sp³-hybridized carbons (Fsp3) is 0.414. The summed E-state index contributed by atoms with van der Waals surface area (Å²) in [6.07, 6.45) is -2.19. The average molecular weight is 571 g/mol. The predicted octanol–water partition coefficient (Wildman–Crippen LogP) is 0.916. The quantitative estimate of drug-likeness (QED) is 0.205. The Bertz CT molecular complexity index is 1180. The van der Waals surface area contributed by atoms with E-state index < -0.39 is 66.2 Å². The number of nitrogens with one attached hydrogen (secondary N) is 4. The van der Waals surface area contributed by atoms with Crippen molar-refractivity contribution in [3.8, 4) is 0 Å². The summed E-state index contributed by atoms with van der Waals surface area (Å²) in [5.41, 5.74) is 0.549. The van der Waals surface area contributed by atoms with E-state index in [0.29, 0.717) is 11.1 Å². The molecule has 0 aliphatic carbocycles. The van der Waals surface area contributed by atoms with Crippen molar-refractivity contribution in [3.05, 3.63) is 71.8 Å². The van der Waals surface area contributed by atoms with Gasteiger partial charge in [-0.2, -0.15) is 0 Å². The van der Waals surface area contributed by atoms with E-state index in [4.69, 9.17) is 9.84 Å². The Morgan fingerprint density at radius 3 is 1.66 bits per heavy atom. The van der Waals surface area contributed by atoms with Gasteiger partial charge in [-0.1, -0.05) is 60.7 Å². The molecule has 12 nitrogen and oxygen atoms in total. The van der Waals surface area contributed by atoms with Crippen LogP contribution in [0.25, 0.3) is 0 Å². The van der Waals surface area contributed by atoms with Crippen molar-refractivity contribution >= 4 is 29.8 Å². The lowest BCUT2D eigenvalue weighted by molar-refractivity contribution is -0.138. The van der Waals surface area contributed by atoms with Crippen LogP contribution in [0.5, 0.6) is 0 Å². The molecule has 0 heterocycles. The van der Waals surface area contributed by atoms with E-state index in [0.717, 1.165) is 0 Å². The zero-order chi connectivity index (χ0) is 30.6. The van der Waals surface area contributed by atoms with Gasteiger partial charge in [0, 0.05) is 12.8 Å². The van der Waals surface area contributed by atoms with Crippen LogP contribution in [-0.2, 0) is 36.8 Å². The van der Waals surface area contributed by atoms with Crippen LogP contribution in [0.4, 0.5) is 4.79 Å². The van der Waals surface area contributed by atoms with Gasteiger partial charge in [0.05, 0.1) is 6.10 Å². The lowest BCUT2D eigenvalue weighted by Crippen LogP contribution is -2.59. The summed E-state index contributed by atoms with van der Waals surface area (Å²) in [7, 11) is 0. The van der Waals surface area contributed by atoms with Gasteiger partial charge in [-0.3, -0.25) is 19.2 Å². The molecule has 4 atom stereocenters. The minimum Gasteiger partial charge on any atom is -0.480 e. The van der Waals surface area contributed by atoms with Gasteiger partial charge in [0.1, 0.15) is 30.3 Å². The summed E-state index contributed by atoms with van der Waals surface area (Å²) in [5.74, 6) is -3.55. The predicted molar refractivity (Wildman–Crippen MR) is 150 cm³/mol. The van der Waals surface area contributed by atoms with E-state index in [1.54, 1.807) is 81.4 Å². The number of benzene rings is 2. The fourth-order valence-corrected chi connectivity index (χ4v) is 3.78. The third-order valence-electron chi connectivity index (χ3n) is 5.68. The highest BCUT2D eigenvalue weighted by Gasteiger charge is 2.33. The summed E-state index contributed by atoms with van der Waals surface area (Å²) in [6, 6.07) is 13.8. The highest BCUT2D eigenvalue weighted by molar-refractivity contribution is 5.94. The molecular weight excluding hydrogens is 532 g/mol. The van der Waals surface area contributed by atoms with Crippen LogP contribution in [0.1, 0.15) is 38.8 Å². The minimum absolute atomic E-state index is 0.0200. The molecule has 2 aromatic rings. The molecule has 0 aromatic heterocycles. The Morgan fingerprint density at radius 2 is 1.22 bits per heavy atom. The highest BCUT2D eigenvalue weighted by atomic mass is 16.6. The zero-order valence-corrected chi connectivity index (χ0v) is 23.5. The smallest absolute Gasteiger partial charge is 0.408 e. The normalized spacial score (nSPS) is 14.0.